The topological polar surface area (TPSA) is 82.2 Å². The molecule has 0 unspecified atom stereocenters. The molecule has 0 aliphatic carbocycles. The Balaban J connectivity index is 1.26. The quantitative estimate of drug-likeness (QED) is 0.0811. The first-order valence-electron chi connectivity index (χ1n) is 19.1. The minimum absolute atomic E-state index is 0.0204. The molecule has 0 saturated heterocycles. The SMILES string of the molecule is CCCCCCOc1ccc(N(c2ccc(OCCCCCC)cc2)c2ccc(-c3ccc(/C=c4\sc(=C(C#N)C#N)nc4-c4ccccc4)s3)cc2)cc1. The molecule has 4 aromatic carbocycles. The number of anilines is 3. The molecule has 6 rings (SSSR count). The van der Waals surface area contributed by atoms with Crippen molar-refractivity contribution in [1.82, 2.24) is 4.98 Å². The maximum atomic E-state index is 9.51. The summed E-state index contributed by atoms with van der Waals surface area (Å²) in [7, 11) is 0. The molecule has 8 heteroatoms. The van der Waals surface area contributed by atoms with Gasteiger partial charge in [-0.05, 0) is 97.3 Å². The fourth-order valence-electron chi connectivity index (χ4n) is 6.22. The first-order chi connectivity index (χ1) is 27.1. The highest BCUT2D eigenvalue weighted by atomic mass is 32.1. The zero-order valence-corrected chi connectivity index (χ0v) is 33.2. The lowest BCUT2D eigenvalue weighted by molar-refractivity contribution is 0.305. The largest absolute Gasteiger partial charge is 0.494 e. The molecule has 6 nitrogen and oxygen atoms in total. The van der Waals surface area contributed by atoms with Crippen molar-refractivity contribution in [2.75, 3.05) is 18.1 Å². The number of hydrogen-bond acceptors (Lipinski definition) is 8. The van der Waals surface area contributed by atoms with Gasteiger partial charge in [0.1, 0.15) is 28.3 Å². The third-order valence-electron chi connectivity index (χ3n) is 9.17. The Morgan fingerprint density at radius 2 is 1.16 bits per heavy atom. The van der Waals surface area contributed by atoms with Crippen LogP contribution in [0.25, 0.3) is 33.3 Å². The maximum Gasteiger partial charge on any atom is 0.165 e. The minimum Gasteiger partial charge on any atom is -0.494 e. The second-order valence-electron chi connectivity index (χ2n) is 13.2. The van der Waals surface area contributed by atoms with Gasteiger partial charge in [-0.3, -0.25) is 0 Å². The highest BCUT2D eigenvalue weighted by Crippen LogP contribution is 2.38. The standard InChI is InChI=1S/C47H46N4O2S2/c1-3-5-7-12-30-52-41-24-20-39(21-25-41)51(40-22-26-42(27-23-40)53-31-13-8-6-4-2)38-18-16-35(17-19-38)44-29-28-43(54-44)32-45-46(36-14-10-9-11-15-36)50-47(55-45)37(33-48)34-49/h9-11,14-29,32H,3-8,12-13,30-31H2,1-2H3/b45-32-. The lowest BCUT2D eigenvalue weighted by Crippen LogP contribution is -2.10. The van der Waals surface area contributed by atoms with Crippen LogP contribution in [0.4, 0.5) is 17.1 Å². The van der Waals surface area contributed by atoms with E-state index in [1.165, 1.54) is 49.9 Å². The summed E-state index contributed by atoms with van der Waals surface area (Å²) >= 11 is 3.05. The predicted octanol–water partition coefficient (Wildman–Crippen LogP) is 12.0. The summed E-state index contributed by atoms with van der Waals surface area (Å²) in [4.78, 5) is 9.16. The summed E-state index contributed by atoms with van der Waals surface area (Å²) in [6, 6.07) is 43.5. The number of unbranched alkanes of at least 4 members (excludes halogenated alkanes) is 6. The molecule has 278 valence electrons. The number of ether oxygens (including phenoxy) is 2. The second-order valence-corrected chi connectivity index (χ2v) is 15.4. The Morgan fingerprint density at radius 1 is 0.618 bits per heavy atom. The molecule has 0 N–H and O–H groups in total. The molecule has 0 fully saturated rings. The number of rotatable bonds is 18. The molecule has 0 bridgehead atoms. The van der Waals surface area contributed by atoms with Crippen LogP contribution in [0.1, 0.15) is 70.1 Å². The van der Waals surface area contributed by atoms with E-state index >= 15 is 0 Å². The normalized spacial score (nSPS) is 11.2. The summed E-state index contributed by atoms with van der Waals surface area (Å²) in [5, 5.41) is 19.0. The number of thiophene rings is 1. The van der Waals surface area contributed by atoms with E-state index in [0.717, 1.165) is 85.7 Å². The molecular weight excluding hydrogens is 717 g/mol. The molecule has 0 aliphatic rings. The van der Waals surface area contributed by atoms with Gasteiger partial charge < -0.3 is 14.4 Å². The number of benzene rings is 4. The Bertz CT molecular complexity index is 2240. The van der Waals surface area contributed by atoms with Crippen LogP contribution < -0.4 is 23.6 Å². The van der Waals surface area contributed by atoms with Crippen LogP contribution >= 0.6 is 22.7 Å². The first kappa shape index (κ1) is 39.0. The third-order valence-corrected chi connectivity index (χ3v) is 11.3. The molecule has 0 aliphatic heterocycles. The highest BCUT2D eigenvalue weighted by Gasteiger charge is 2.15. The van der Waals surface area contributed by atoms with E-state index in [4.69, 9.17) is 14.5 Å². The molecular formula is C47H46N4O2S2. The van der Waals surface area contributed by atoms with E-state index in [9.17, 15) is 10.5 Å². The van der Waals surface area contributed by atoms with Crippen LogP contribution in [0, 0.1) is 22.7 Å². The van der Waals surface area contributed by atoms with Gasteiger partial charge in [-0.2, -0.15) is 10.5 Å². The van der Waals surface area contributed by atoms with Gasteiger partial charge in [0.25, 0.3) is 0 Å². The molecule has 0 saturated carbocycles. The van der Waals surface area contributed by atoms with Gasteiger partial charge in [0.05, 0.1) is 23.4 Å². The number of aromatic nitrogens is 1. The molecule has 0 radical (unpaired) electrons. The summed E-state index contributed by atoms with van der Waals surface area (Å²) in [6.07, 6.45) is 11.5. The van der Waals surface area contributed by atoms with Crippen molar-refractivity contribution in [2.45, 2.75) is 65.2 Å². The summed E-state index contributed by atoms with van der Waals surface area (Å²) in [5.74, 6) is 1.76. The highest BCUT2D eigenvalue weighted by molar-refractivity contribution is 7.16. The maximum absolute atomic E-state index is 9.51. The van der Waals surface area contributed by atoms with Crippen molar-refractivity contribution in [3.63, 3.8) is 0 Å². The Hall–Kier alpha value is -5.67. The van der Waals surface area contributed by atoms with Gasteiger partial charge >= 0.3 is 0 Å². The number of nitriles is 2. The number of nitrogens with zero attached hydrogens (tertiary/aromatic N) is 4. The van der Waals surface area contributed by atoms with Crippen LogP contribution in [0.5, 0.6) is 11.5 Å². The molecule has 0 amide bonds. The third kappa shape index (κ3) is 10.5. The second kappa shape index (κ2) is 20.1. The minimum atomic E-state index is 0.0204. The Labute approximate surface area is 332 Å². The van der Waals surface area contributed by atoms with E-state index in [1.54, 1.807) is 11.3 Å². The smallest absolute Gasteiger partial charge is 0.165 e. The van der Waals surface area contributed by atoms with Gasteiger partial charge in [0.2, 0.25) is 0 Å². The fourth-order valence-corrected chi connectivity index (χ4v) is 8.23. The molecule has 6 aromatic rings. The molecule has 0 spiro atoms. The van der Waals surface area contributed by atoms with E-state index in [-0.39, 0.29) is 5.57 Å². The molecule has 0 atom stereocenters. The van der Waals surface area contributed by atoms with Crippen molar-refractivity contribution < 1.29 is 9.47 Å². The first-order valence-corrected chi connectivity index (χ1v) is 20.8. The van der Waals surface area contributed by atoms with E-state index < -0.39 is 0 Å². The van der Waals surface area contributed by atoms with E-state index in [1.807, 2.05) is 42.5 Å². The van der Waals surface area contributed by atoms with Crippen LogP contribution in [0.3, 0.4) is 0 Å². The number of thiazole rings is 1. The molecule has 2 aromatic heterocycles. The Kier molecular flexibility index (Phi) is 14.3. The van der Waals surface area contributed by atoms with Crippen LogP contribution in [-0.2, 0) is 0 Å². The van der Waals surface area contributed by atoms with Crippen LogP contribution in [0.15, 0.2) is 115 Å². The van der Waals surface area contributed by atoms with Gasteiger partial charge in [-0.25, -0.2) is 4.98 Å². The lowest BCUT2D eigenvalue weighted by Gasteiger charge is -2.26. The zero-order valence-electron chi connectivity index (χ0n) is 31.5. The van der Waals surface area contributed by atoms with Gasteiger partial charge in [-0.15, -0.1) is 22.7 Å². The number of hydrogen-bond donors (Lipinski definition) is 0. The molecule has 55 heavy (non-hydrogen) atoms. The monoisotopic (exact) mass is 762 g/mol. The van der Waals surface area contributed by atoms with Gasteiger partial charge in [-0.1, -0.05) is 94.8 Å². The zero-order chi connectivity index (χ0) is 38.2. The van der Waals surface area contributed by atoms with Crippen molar-refractivity contribution in [2.24, 2.45) is 0 Å². The van der Waals surface area contributed by atoms with E-state index in [2.05, 4.69) is 110 Å². The van der Waals surface area contributed by atoms with Crippen molar-refractivity contribution >= 4 is 51.4 Å². The summed E-state index contributed by atoms with van der Waals surface area (Å²) in [5.41, 5.74) is 5.97. The summed E-state index contributed by atoms with van der Waals surface area (Å²) < 4.78 is 13.5. The average Bonchev–Trinajstić information content (AvgIpc) is 3.88. The fraction of sp³-hybridized carbons (Fsp3) is 0.255. The van der Waals surface area contributed by atoms with Crippen molar-refractivity contribution in [3.05, 3.63) is 129 Å². The predicted molar refractivity (Wildman–Crippen MR) is 229 cm³/mol. The van der Waals surface area contributed by atoms with Crippen molar-refractivity contribution in [1.29, 1.82) is 10.5 Å². The van der Waals surface area contributed by atoms with Gasteiger partial charge in [0.15, 0.2) is 5.57 Å². The van der Waals surface area contributed by atoms with Crippen molar-refractivity contribution in [3.8, 4) is 45.3 Å². The van der Waals surface area contributed by atoms with Crippen LogP contribution in [0.2, 0.25) is 0 Å². The molecule has 2 heterocycles. The Morgan fingerprint density at radius 3 is 1.69 bits per heavy atom. The average molecular weight is 763 g/mol. The lowest BCUT2D eigenvalue weighted by atomic mass is 10.1. The van der Waals surface area contributed by atoms with Crippen LogP contribution in [-0.4, -0.2) is 18.2 Å². The summed E-state index contributed by atoms with van der Waals surface area (Å²) in [6.45, 7) is 5.90. The van der Waals surface area contributed by atoms with E-state index in [0.29, 0.717) is 4.66 Å². The van der Waals surface area contributed by atoms with Gasteiger partial charge in [0, 0.05) is 32.4 Å².